The van der Waals surface area contributed by atoms with Crippen LogP contribution in [0.25, 0.3) is 0 Å². The molecule has 7 rings (SSSR count). The molecule has 0 amide bonds. The van der Waals surface area contributed by atoms with Gasteiger partial charge in [0.15, 0.2) is 11.5 Å². The molecule has 404 valence electrons. The highest BCUT2D eigenvalue weighted by Gasteiger charge is 2.23. The Balaban J connectivity index is 1.09. The number of azo groups is 3. The van der Waals surface area contributed by atoms with E-state index in [0.29, 0.717) is 17.7 Å². The molecule has 0 radical (unpaired) electrons. The Morgan fingerprint density at radius 1 is 0.577 bits per heavy atom. The van der Waals surface area contributed by atoms with E-state index in [1.165, 1.54) is 31.2 Å². The molecule has 0 spiro atoms. The Kier molecular flexibility index (Phi) is 16.9. The first kappa shape index (κ1) is 56.1. The molecule has 2 aromatic heterocycles. The molecular weight excluding hydrogens is 1100 g/mol. The van der Waals surface area contributed by atoms with Gasteiger partial charge in [-0.2, -0.15) is 89.5 Å². The van der Waals surface area contributed by atoms with Crippen LogP contribution in [0.3, 0.4) is 0 Å². The van der Waals surface area contributed by atoms with Gasteiger partial charge in [0.1, 0.15) is 17.1 Å². The van der Waals surface area contributed by atoms with Crippen LogP contribution in [-0.2, 0) is 30.4 Å². The van der Waals surface area contributed by atoms with E-state index in [1.54, 1.807) is 36.4 Å². The number of phenols is 2. The number of aromatic nitrogens is 6. The maximum atomic E-state index is 14.9. The lowest BCUT2D eigenvalue weighted by Gasteiger charge is -2.16. The summed E-state index contributed by atoms with van der Waals surface area (Å²) in [5.74, 6) is -5.43. The summed E-state index contributed by atoms with van der Waals surface area (Å²) in [5.41, 5.74) is 4.74. The maximum absolute atomic E-state index is 14.9. The third kappa shape index (κ3) is 14.6. The quantitative estimate of drug-likeness (QED) is 0.0174. The van der Waals surface area contributed by atoms with Crippen LogP contribution in [0.1, 0.15) is 40.7 Å². The van der Waals surface area contributed by atoms with Gasteiger partial charge < -0.3 is 36.6 Å². The summed E-state index contributed by atoms with van der Waals surface area (Å²) >= 11 is 0. The van der Waals surface area contributed by atoms with Crippen molar-refractivity contribution in [1.29, 1.82) is 5.53 Å². The number of hydrogen-bond acceptors (Lipinski definition) is 27. The second-order valence-corrected chi connectivity index (χ2v) is 19.9. The molecule has 3 atom stereocenters. The third-order valence-corrected chi connectivity index (χ3v) is 12.5. The fourth-order valence-corrected chi connectivity index (χ4v) is 7.96. The van der Waals surface area contributed by atoms with Gasteiger partial charge in [-0.15, -0.1) is 10.2 Å². The standard InChI is InChI=1S/C42H36F2N18O13S3/c1-20(47-40-51-38(44)53-42(55-40)49-29-16-24(77(70,71)72)17-30(32(29)63)58-60-34(56-45)21-8-4-2-5-9-21)19-46-39-50-37(43)52-41(54-39)48-28-15-25(78(73,74)75)18-31(33(28)64)59-62-35(22-10-6-3-7-11-22)61-57-27-14-23(76(67,68)69)12-13-26(27)36(65)66/h2-18,20,34-35,45,63-64H,19H2,1H3,(H,65,66)(H,67,68,69)(H,70,71,72)(H,73,74,75)(H2,46,48,50,52,54)(H2,47,49,51,53,55). The van der Waals surface area contributed by atoms with Crippen molar-refractivity contribution >= 4 is 88.6 Å². The minimum atomic E-state index is -5.10. The average Bonchev–Trinajstić information content (AvgIpc) is 3.39. The van der Waals surface area contributed by atoms with Crippen molar-refractivity contribution in [2.75, 3.05) is 27.8 Å². The topological polar surface area (TPSA) is 477 Å². The number of nitrogens with one attached hydrogen (secondary N) is 5. The van der Waals surface area contributed by atoms with E-state index in [4.69, 9.17) is 5.53 Å². The molecule has 31 nitrogen and oxygen atoms in total. The fourth-order valence-electron chi connectivity index (χ4n) is 6.40. The van der Waals surface area contributed by atoms with Gasteiger partial charge in [-0.25, -0.2) is 10.3 Å². The predicted octanol–water partition coefficient (Wildman–Crippen LogP) is 7.96. The van der Waals surface area contributed by atoms with Crippen molar-refractivity contribution < 1.29 is 67.8 Å². The molecule has 5 aromatic carbocycles. The molecule has 0 saturated carbocycles. The van der Waals surface area contributed by atoms with Crippen LogP contribution in [0.2, 0.25) is 0 Å². The van der Waals surface area contributed by atoms with Crippen molar-refractivity contribution in [3.05, 3.63) is 132 Å². The molecule has 11 N–H and O–H groups in total. The molecule has 78 heavy (non-hydrogen) atoms. The van der Waals surface area contributed by atoms with E-state index in [1.807, 2.05) is 0 Å². The molecule has 0 aliphatic carbocycles. The van der Waals surface area contributed by atoms with Crippen molar-refractivity contribution in [2.45, 2.75) is 40.0 Å². The molecule has 0 aliphatic heterocycles. The molecule has 7 aromatic rings. The smallest absolute Gasteiger partial charge is 0.337 e. The number of nitrogens with zero attached hydrogens (tertiary/aromatic N) is 13. The van der Waals surface area contributed by atoms with Gasteiger partial charge in [-0.3, -0.25) is 13.7 Å². The Hall–Kier alpha value is -9.62. The molecule has 0 aliphatic rings. The number of rotatable bonds is 22. The summed E-state index contributed by atoms with van der Waals surface area (Å²) in [6.07, 6.45) is -5.53. The number of aromatic carboxylic acids is 1. The number of carbonyl (C=O) groups is 1. The zero-order chi connectivity index (χ0) is 56.5. The fraction of sp³-hybridized carbons (Fsp3) is 0.119. The molecule has 36 heteroatoms. The van der Waals surface area contributed by atoms with Gasteiger partial charge >= 0.3 is 18.1 Å². The van der Waals surface area contributed by atoms with Crippen molar-refractivity contribution in [3.63, 3.8) is 0 Å². The molecule has 0 saturated heterocycles. The summed E-state index contributed by atoms with van der Waals surface area (Å²) in [5, 5.41) is 68.9. The second kappa shape index (κ2) is 23.5. The summed E-state index contributed by atoms with van der Waals surface area (Å²) in [4.78, 5) is 31.6. The van der Waals surface area contributed by atoms with Gasteiger partial charge in [0.05, 0.1) is 31.6 Å². The first-order valence-electron chi connectivity index (χ1n) is 21.4. The highest BCUT2D eigenvalue weighted by Crippen LogP contribution is 2.41. The van der Waals surface area contributed by atoms with E-state index in [2.05, 4.69) is 87.0 Å². The van der Waals surface area contributed by atoms with Gasteiger partial charge in [-0.05, 0) is 49.4 Å². The lowest BCUT2D eigenvalue weighted by molar-refractivity contribution is 0.0697. The molecule has 0 fully saturated rings. The van der Waals surface area contributed by atoms with Crippen LogP contribution in [-0.4, -0.2) is 103 Å². The maximum Gasteiger partial charge on any atom is 0.337 e. The summed E-state index contributed by atoms with van der Waals surface area (Å²) in [6.45, 7) is 1.27. The number of carboxylic acid groups (broad SMARTS) is 1. The van der Waals surface area contributed by atoms with Crippen LogP contribution in [0.5, 0.6) is 11.5 Å². The Morgan fingerprint density at radius 3 is 1.47 bits per heavy atom. The van der Waals surface area contributed by atoms with Gasteiger partial charge in [0, 0.05) is 23.7 Å². The normalized spacial score (nSPS) is 13.3. The SMILES string of the molecule is CC(CNc1nc(F)nc(Nc2cc(S(=O)(=O)O)cc(N=NC(N=Nc3cc(S(=O)(=O)O)ccc3C(=O)O)c3ccccc3)c2O)n1)Nc1nc(F)nc(Nc2cc(S(=O)(=O)O)cc(N=NC(N=N)c3ccccc3)c2O)n1. The van der Waals surface area contributed by atoms with Crippen LogP contribution in [0, 0.1) is 17.7 Å². The number of phenolic OH excluding ortho intramolecular Hbond substituents is 2. The number of hydrogen-bond donors (Lipinski definition) is 11. The second-order valence-electron chi connectivity index (χ2n) is 15.6. The lowest BCUT2D eigenvalue weighted by Crippen LogP contribution is -2.27. The Labute approximate surface area is 437 Å². The summed E-state index contributed by atoms with van der Waals surface area (Å²) < 4.78 is 132. The third-order valence-electron chi connectivity index (χ3n) is 10.0. The monoisotopic (exact) mass is 1130 g/mol. The number of halogens is 2. The van der Waals surface area contributed by atoms with E-state index in [9.17, 15) is 67.8 Å². The largest absolute Gasteiger partial charge is 0.504 e. The number of anilines is 6. The first-order chi connectivity index (χ1) is 36.8. The molecular formula is C42H36F2N18O13S3. The van der Waals surface area contributed by atoms with Gasteiger partial charge in [-0.1, -0.05) is 60.7 Å². The van der Waals surface area contributed by atoms with E-state index in [-0.39, 0.29) is 12.1 Å². The van der Waals surface area contributed by atoms with Crippen molar-refractivity contribution in [2.24, 2.45) is 35.8 Å². The van der Waals surface area contributed by atoms with Gasteiger partial charge in [0.2, 0.25) is 36.1 Å². The van der Waals surface area contributed by atoms with E-state index in [0.717, 1.165) is 30.3 Å². The molecule has 3 unspecified atom stereocenters. The van der Waals surface area contributed by atoms with E-state index < -0.39 is 151 Å². The van der Waals surface area contributed by atoms with Crippen LogP contribution in [0.4, 0.5) is 61.0 Å². The summed E-state index contributed by atoms with van der Waals surface area (Å²) in [6, 6.07) is 20.2. The number of aromatic hydroxyl groups is 2. The molecule has 2 heterocycles. The van der Waals surface area contributed by atoms with Crippen molar-refractivity contribution in [1.82, 2.24) is 29.9 Å². The molecule has 0 bridgehead atoms. The van der Waals surface area contributed by atoms with Crippen LogP contribution >= 0.6 is 0 Å². The highest BCUT2D eigenvalue weighted by atomic mass is 32.2. The zero-order valence-corrected chi connectivity index (χ0v) is 41.5. The van der Waals surface area contributed by atoms with Crippen LogP contribution < -0.4 is 21.3 Å². The first-order valence-corrected chi connectivity index (χ1v) is 25.8. The minimum absolute atomic E-state index is 0.221. The lowest BCUT2D eigenvalue weighted by atomic mass is 10.2. The van der Waals surface area contributed by atoms with Crippen molar-refractivity contribution in [3.8, 4) is 11.5 Å². The summed E-state index contributed by atoms with van der Waals surface area (Å²) in [7, 11) is -14.9. The van der Waals surface area contributed by atoms with Crippen LogP contribution in [0.15, 0.2) is 154 Å². The van der Waals surface area contributed by atoms with E-state index >= 15 is 0 Å². The number of carboxylic acids is 1. The van der Waals surface area contributed by atoms with Gasteiger partial charge in [0.25, 0.3) is 30.4 Å². The predicted molar refractivity (Wildman–Crippen MR) is 264 cm³/mol. The number of benzene rings is 5. The zero-order valence-electron chi connectivity index (χ0n) is 39.1. The Bertz CT molecular complexity index is 3880. The minimum Gasteiger partial charge on any atom is -0.504 e. The highest BCUT2D eigenvalue weighted by molar-refractivity contribution is 7.86. The Morgan fingerprint density at radius 2 is 1.00 bits per heavy atom. The average molecular weight is 1140 g/mol.